The summed E-state index contributed by atoms with van der Waals surface area (Å²) in [5.74, 6) is 2.17. The van der Waals surface area contributed by atoms with Gasteiger partial charge in [-0.05, 0) is 32.8 Å². The van der Waals surface area contributed by atoms with E-state index in [9.17, 15) is 0 Å². The smallest absolute Gasteiger partial charge is 0.234 e. The molecule has 0 amide bonds. The Kier molecular flexibility index (Phi) is 2.93. The molecule has 1 saturated heterocycles. The minimum Gasteiger partial charge on any atom is -0.340 e. The predicted molar refractivity (Wildman–Crippen MR) is 69.9 cm³/mol. The van der Waals surface area contributed by atoms with Gasteiger partial charge in [0.2, 0.25) is 11.8 Å². The Morgan fingerprint density at radius 1 is 1.32 bits per heavy atom. The van der Waals surface area contributed by atoms with Crippen molar-refractivity contribution in [3.05, 3.63) is 30.2 Å². The zero-order valence-corrected chi connectivity index (χ0v) is 11.2. The van der Waals surface area contributed by atoms with E-state index >= 15 is 0 Å². The fourth-order valence-electron chi connectivity index (χ4n) is 2.58. The van der Waals surface area contributed by atoms with Gasteiger partial charge in [-0.3, -0.25) is 0 Å². The van der Waals surface area contributed by atoms with Crippen LogP contribution in [0.25, 0.3) is 0 Å². The van der Waals surface area contributed by atoms with E-state index in [2.05, 4.69) is 31.9 Å². The summed E-state index contributed by atoms with van der Waals surface area (Å²) < 4.78 is 5.36. The molecule has 1 aliphatic heterocycles. The van der Waals surface area contributed by atoms with Crippen LogP contribution in [0.5, 0.6) is 0 Å². The second-order valence-electron chi connectivity index (χ2n) is 5.28. The van der Waals surface area contributed by atoms with Crippen molar-refractivity contribution in [3.8, 4) is 0 Å². The summed E-state index contributed by atoms with van der Waals surface area (Å²) in [7, 11) is 0. The molecule has 0 aromatic carbocycles. The SMILES string of the molecule is Cc1noc([C@@]2(C)CCCN(c3ncccn3)C2)n1. The Labute approximate surface area is 111 Å². The molecule has 3 heterocycles. The van der Waals surface area contributed by atoms with Gasteiger partial charge in [-0.15, -0.1) is 0 Å². The van der Waals surface area contributed by atoms with Gasteiger partial charge in [0.25, 0.3) is 0 Å². The molecule has 1 aliphatic rings. The predicted octanol–water partition coefficient (Wildman–Crippen LogP) is 1.73. The molecule has 0 bridgehead atoms. The van der Waals surface area contributed by atoms with Crippen molar-refractivity contribution >= 4 is 5.95 Å². The summed E-state index contributed by atoms with van der Waals surface area (Å²) in [6.07, 6.45) is 5.64. The van der Waals surface area contributed by atoms with Crippen molar-refractivity contribution in [2.24, 2.45) is 0 Å². The van der Waals surface area contributed by atoms with Crippen LogP contribution in [0.2, 0.25) is 0 Å². The summed E-state index contributed by atoms with van der Waals surface area (Å²) >= 11 is 0. The molecule has 6 heteroatoms. The normalized spacial score (nSPS) is 23.6. The molecule has 2 aromatic rings. The van der Waals surface area contributed by atoms with E-state index in [1.54, 1.807) is 12.4 Å². The number of anilines is 1. The first-order valence-corrected chi connectivity index (χ1v) is 6.50. The second-order valence-corrected chi connectivity index (χ2v) is 5.28. The third-order valence-electron chi connectivity index (χ3n) is 3.58. The quantitative estimate of drug-likeness (QED) is 0.818. The van der Waals surface area contributed by atoms with Crippen LogP contribution < -0.4 is 4.90 Å². The molecule has 0 aliphatic carbocycles. The molecule has 1 fully saturated rings. The van der Waals surface area contributed by atoms with E-state index in [0.717, 1.165) is 31.9 Å². The molecule has 0 radical (unpaired) electrons. The molecule has 0 N–H and O–H groups in total. The van der Waals surface area contributed by atoms with Gasteiger partial charge >= 0.3 is 0 Å². The molecule has 0 unspecified atom stereocenters. The summed E-state index contributed by atoms with van der Waals surface area (Å²) in [6, 6.07) is 1.83. The van der Waals surface area contributed by atoms with Crippen LogP contribution in [0.3, 0.4) is 0 Å². The van der Waals surface area contributed by atoms with Crippen molar-refractivity contribution in [1.82, 2.24) is 20.1 Å². The first-order chi connectivity index (χ1) is 9.17. The van der Waals surface area contributed by atoms with Crippen LogP contribution in [-0.2, 0) is 5.41 Å². The third kappa shape index (κ3) is 2.30. The van der Waals surface area contributed by atoms with Gasteiger partial charge in [0, 0.05) is 25.5 Å². The minimum absolute atomic E-state index is 0.126. The molecular weight excluding hydrogens is 242 g/mol. The largest absolute Gasteiger partial charge is 0.340 e. The summed E-state index contributed by atoms with van der Waals surface area (Å²) in [5, 5.41) is 3.90. The van der Waals surface area contributed by atoms with Gasteiger partial charge in [0.1, 0.15) is 0 Å². The Hall–Kier alpha value is -1.98. The Balaban J connectivity index is 1.85. The lowest BCUT2D eigenvalue weighted by molar-refractivity contribution is 0.259. The maximum absolute atomic E-state index is 5.36. The van der Waals surface area contributed by atoms with E-state index in [4.69, 9.17) is 4.52 Å². The number of aryl methyl sites for hydroxylation is 1. The summed E-state index contributed by atoms with van der Waals surface area (Å²) in [4.78, 5) is 15.2. The second kappa shape index (κ2) is 4.60. The van der Waals surface area contributed by atoms with E-state index in [1.807, 2.05) is 13.0 Å². The molecule has 100 valence electrons. The Morgan fingerprint density at radius 3 is 2.79 bits per heavy atom. The van der Waals surface area contributed by atoms with Gasteiger partial charge in [0.05, 0.1) is 5.41 Å². The molecular formula is C13H17N5O. The summed E-state index contributed by atoms with van der Waals surface area (Å²) in [6.45, 7) is 5.78. The zero-order chi connectivity index (χ0) is 13.3. The molecule has 19 heavy (non-hydrogen) atoms. The van der Waals surface area contributed by atoms with Gasteiger partial charge in [0.15, 0.2) is 5.82 Å². The van der Waals surface area contributed by atoms with Crippen LogP contribution in [0.15, 0.2) is 23.0 Å². The molecule has 0 spiro atoms. The van der Waals surface area contributed by atoms with Crippen LogP contribution in [0.4, 0.5) is 5.95 Å². The lowest BCUT2D eigenvalue weighted by atomic mass is 9.82. The molecule has 1 atom stereocenters. The van der Waals surface area contributed by atoms with Crippen molar-refractivity contribution < 1.29 is 4.52 Å². The molecule has 6 nitrogen and oxygen atoms in total. The number of hydrogen-bond donors (Lipinski definition) is 0. The minimum atomic E-state index is -0.126. The van der Waals surface area contributed by atoms with Crippen molar-refractivity contribution in [2.75, 3.05) is 18.0 Å². The highest BCUT2D eigenvalue weighted by molar-refractivity contribution is 5.32. The standard InChI is InChI=1S/C13H17N5O/c1-10-16-11(19-17-10)13(2)5-3-8-18(9-13)12-14-6-4-7-15-12/h4,6-7H,3,5,8-9H2,1-2H3/t13-/m0/s1. The lowest BCUT2D eigenvalue weighted by Crippen LogP contribution is -2.45. The van der Waals surface area contributed by atoms with Crippen molar-refractivity contribution in [2.45, 2.75) is 32.1 Å². The average molecular weight is 259 g/mol. The van der Waals surface area contributed by atoms with Crippen LogP contribution >= 0.6 is 0 Å². The van der Waals surface area contributed by atoms with Gasteiger partial charge in [-0.25, -0.2) is 9.97 Å². The van der Waals surface area contributed by atoms with Crippen LogP contribution in [0, 0.1) is 6.92 Å². The average Bonchev–Trinajstić information content (AvgIpc) is 2.87. The highest BCUT2D eigenvalue weighted by atomic mass is 16.5. The Bertz CT molecular complexity index is 555. The fraction of sp³-hybridized carbons (Fsp3) is 0.538. The number of rotatable bonds is 2. The van der Waals surface area contributed by atoms with Crippen LogP contribution in [0.1, 0.15) is 31.5 Å². The van der Waals surface area contributed by atoms with E-state index in [-0.39, 0.29) is 5.41 Å². The van der Waals surface area contributed by atoms with Gasteiger partial charge in [-0.2, -0.15) is 4.98 Å². The first-order valence-electron chi connectivity index (χ1n) is 6.50. The maximum atomic E-state index is 5.36. The first kappa shape index (κ1) is 12.1. The van der Waals surface area contributed by atoms with E-state index < -0.39 is 0 Å². The summed E-state index contributed by atoms with van der Waals surface area (Å²) in [5.41, 5.74) is -0.126. The number of piperidine rings is 1. The highest BCUT2D eigenvalue weighted by Gasteiger charge is 2.38. The third-order valence-corrected chi connectivity index (χ3v) is 3.58. The molecule has 2 aromatic heterocycles. The number of hydrogen-bond acceptors (Lipinski definition) is 6. The van der Waals surface area contributed by atoms with Crippen molar-refractivity contribution in [3.63, 3.8) is 0 Å². The monoisotopic (exact) mass is 259 g/mol. The van der Waals surface area contributed by atoms with Crippen LogP contribution in [-0.4, -0.2) is 33.2 Å². The molecule has 0 saturated carbocycles. The van der Waals surface area contributed by atoms with Gasteiger partial charge in [-0.1, -0.05) is 5.16 Å². The Morgan fingerprint density at radius 2 is 2.11 bits per heavy atom. The van der Waals surface area contributed by atoms with Crippen molar-refractivity contribution in [1.29, 1.82) is 0 Å². The molecule has 3 rings (SSSR count). The topological polar surface area (TPSA) is 67.9 Å². The maximum Gasteiger partial charge on any atom is 0.234 e. The van der Waals surface area contributed by atoms with E-state index in [1.165, 1.54) is 0 Å². The fourth-order valence-corrected chi connectivity index (χ4v) is 2.58. The lowest BCUT2D eigenvalue weighted by Gasteiger charge is -2.37. The highest BCUT2D eigenvalue weighted by Crippen LogP contribution is 2.33. The number of nitrogens with zero attached hydrogens (tertiary/aromatic N) is 5. The zero-order valence-electron chi connectivity index (χ0n) is 11.2. The van der Waals surface area contributed by atoms with E-state index in [0.29, 0.717) is 11.7 Å². The number of aromatic nitrogens is 4. The van der Waals surface area contributed by atoms with Gasteiger partial charge < -0.3 is 9.42 Å².